The molecule has 0 aliphatic carbocycles. The van der Waals surface area contributed by atoms with Gasteiger partial charge >= 0.3 is 0 Å². The zero-order valence-electron chi connectivity index (χ0n) is 7.43. The van der Waals surface area contributed by atoms with Gasteiger partial charge in [-0.3, -0.25) is 0 Å². The standard InChI is InChI=1S/C10H10F3N/c11-6-1-2-9(13)8(3-6)10-4-7(12)5-14-10/h1-3,7,10,14H,4-5H2/t7?,10-/m0/s1. The van der Waals surface area contributed by atoms with Crippen LogP contribution in [0.5, 0.6) is 0 Å². The molecule has 0 aromatic heterocycles. The van der Waals surface area contributed by atoms with E-state index >= 15 is 0 Å². The molecule has 1 fully saturated rings. The fraction of sp³-hybridized carbons (Fsp3) is 0.400. The smallest absolute Gasteiger partial charge is 0.128 e. The Labute approximate surface area is 79.9 Å². The summed E-state index contributed by atoms with van der Waals surface area (Å²) in [5.41, 5.74) is 0.213. The van der Waals surface area contributed by atoms with Gasteiger partial charge in [0.1, 0.15) is 17.8 Å². The topological polar surface area (TPSA) is 12.0 Å². The van der Waals surface area contributed by atoms with Crippen LogP contribution in [0.1, 0.15) is 18.0 Å². The first-order valence-corrected chi connectivity index (χ1v) is 4.49. The van der Waals surface area contributed by atoms with Crippen LogP contribution in [0.3, 0.4) is 0 Å². The van der Waals surface area contributed by atoms with E-state index in [1.165, 1.54) is 0 Å². The third kappa shape index (κ3) is 1.75. The van der Waals surface area contributed by atoms with Crippen molar-refractivity contribution in [2.45, 2.75) is 18.6 Å². The highest BCUT2D eigenvalue weighted by atomic mass is 19.1. The maximum absolute atomic E-state index is 13.2. The van der Waals surface area contributed by atoms with Crippen LogP contribution in [0.2, 0.25) is 0 Å². The van der Waals surface area contributed by atoms with Crippen LogP contribution in [0.15, 0.2) is 18.2 Å². The Balaban J connectivity index is 2.27. The van der Waals surface area contributed by atoms with Crippen molar-refractivity contribution >= 4 is 0 Å². The molecule has 1 aromatic carbocycles. The van der Waals surface area contributed by atoms with Crippen molar-refractivity contribution in [1.29, 1.82) is 0 Å². The predicted octanol–water partition coefficient (Wildman–Crippen LogP) is 2.34. The predicted molar refractivity (Wildman–Crippen MR) is 46.6 cm³/mol. The van der Waals surface area contributed by atoms with Crippen LogP contribution in [-0.2, 0) is 0 Å². The zero-order chi connectivity index (χ0) is 10.1. The Kier molecular flexibility index (Phi) is 2.46. The third-order valence-electron chi connectivity index (χ3n) is 2.41. The number of halogens is 3. The number of alkyl halides is 1. The van der Waals surface area contributed by atoms with Crippen LogP contribution in [0, 0.1) is 11.6 Å². The molecule has 0 saturated carbocycles. The molecule has 2 atom stereocenters. The van der Waals surface area contributed by atoms with Gasteiger partial charge in [-0.15, -0.1) is 0 Å². The first-order valence-electron chi connectivity index (χ1n) is 4.49. The lowest BCUT2D eigenvalue weighted by atomic mass is 10.0. The molecule has 0 amide bonds. The van der Waals surface area contributed by atoms with E-state index in [1.54, 1.807) is 0 Å². The Morgan fingerprint density at radius 3 is 2.71 bits per heavy atom. The normalized spacial score (nSPS) is 26.8. The Bertz CT molecular complexity index is 340. The monoisotopic (exact) mass is 201 g/mol. The van der Waals surface area contributed by atoms with Gasteiger partial charge in [0, 0.05) is 18.2 Å². The summed E-state index contributed by atoms with van der Waals surface area (Å²) in [7, 11) is 0. The molecule has 2 rings (SSSR count). The largest absolute Gasteiger partial charge is 0.307 e. The summed E-state index contributed by atoms with van der Waals surface area (Å²) in [4.78, 5) is 0. The van der Waals surface area contributed by atoms with E-state index in [-0.39, 0.29) is 18.5 Å². The van der Waals surface area contributed by atoms with E-state index in [0.717, 1.165) is 18.2 Å². The van der Waals surface area contributed by atoms with Crippen molar-refractivity contribution in [3.05, 3.63) is 35.4 Å². The van der Waals surface area contributed by atoms with E-state index in [2.05, 4.69) is 5.32 Å². The SMILES string of the molecule is Fc1ccc(F)c([C@@H]2CC(F)CN2)c1. The van der Waals surface area contributed by atoms with Crippen molar-refractivity contribution in [2.24, 2.45) is 0 Å². The lowest BCUT2D eigenvalue weighted by Crippen LogP contribution is -2.15. The summed E-state index contributed by atoms with van der Waals surface area (Å²) in [6, 6.07) is 2.84. The second-order valence-corrected chi connectivity index (χ2v) is 3.46. The molecule has 76 valence electrons. The molecular formula is C10H10F3N. The van der Waals surface area contributed by atoms with E-state index in [9.17, 15) is 13.2 Å². The molecule has 1 aromatic rings. The Morgan fingerprint density at radius 2 is 2.07 bits per heavy atom. The van der Waals surface area contributed by atoms with Crippen molar-refractivity contribution in [3.8, 4) is 0 Å². The van der Waals surface area contributed by atoms with Gasteiger partial charge in [0.15, 0.2) is 0 Å². The molecule has 1 nitrogen and oxygen atoms in total. The number of rotatable bonds is 1. The molecule has 0 bridgehead atoms. The van der Waals surface area contributed by atoms with E-state index < -0.39 is 23.8 Å². The van der Waals surface area contributed by atoms with E-state index in [4.69, 9.17) is 0 Å². The van der Waals surface area contributed by atoms with Crippen LogP contribution in [0.4, 0.5) is 13.2 Å². The van der Waals surface area contributed by atoms with Crippen molar-refractivity contribution in [1.82, 2.24) is 5.32 Å². The van der Waals surface area contributed by atoms with E-state index in [0.29, 0.717) is 0 Å². The van der Waals surface area contributed by atoms with Gasteiger partial charge in [0.2, 0.25) is 0 Å². The molecule has 1 aliphatic rings. The zero-order valence-corrected chi connectivity index (χ0v) is 7.43. The highest BCUT2D eigenvalue weighted by Gasteiger charge is 2.26. The first kappa shape index (κ1) is 9.52. The molecular weight excluding hydrogens is 191 g/mol. The minimum atomic E-state index is -0.970. The van der Waals surface area contributed by atoms with Gasteiger partial charge in [-0.1, -0.05) is 0 Å². The quantitative estimate of drug-likeness (QED) is 0.735. The highest BCUT2D eigenvalue weighted by Crippen LogP contribution is 2.27. The lowest BCUT2D eigenvalue weighted by Gasteiger charge is -2.10. The minimum absolute atomic E-state index is 0.209. The Hall–Kier alpha value is -1.03. The third-order valence-corrected chi connectivity index (χ3v) is 2.41. The van der Waals surface area contributed by atoms with Crippen molar-refractivity contribution in [2.75, 3.05) is 6.54 Å². The summed E-state index contributed by atoms with van der Waals surface area (Å²) >= 11 is 0. The van der Waals surface area contributed by atoms with Crippen LogP contribution >= 0.6 is 0 Å². The summed E-state index contributed by atoms with van der Waals surface area (Å²) in [6.45, 7) is 0.209. The van der Waals surface area contributed by atoms with Gasteiger partial charge in [-0.2, -0.15) is 0 Å². The highest BCUT2D eigenvalue weighted by molar-refractivity contribution is 5.23. The summed E-state index contributed by atoms with van der Waals surface area (Å²) < 4.78 is 38.8. The molecule has 1 heterocycles. The Morgan fingerprint density at radius 1 is 1.29 bits per heavy atom. The van der Waals surface area contributed by atoms with Crippen LogP contribution in [0.25, 0.3) is 0 Å². The second-order valence-electron chi connectivity index (χ2n) is 3.46. The number of hydrogen-bond acceptors (Lipinski definition) is 1. The first-order chi connectivity index (χ1) is 6.66. The molecule has 4 heteroatoms. The van der Waals surface area contributed by atoms with Gasteiger partial charge < -0.3 is 5.32 Å². The molecule has 1 unspecified atom stereocenters. The minimum Gasteiger partial charge on any atom is -0.307 e. The maximum Gasteiger partial charge on any atom is 0.128 e. The second kappa shape index (κ2) is 3.61. The van der Waals surface area contributed by atoms with Crippen LogP contribution in [-0.4, -0.2) is 12.7 Å². The molecule has 1 aliphatic heterocycles. The molecule has 1 N–H and O–H groups in total. The van der Waals surface area contributed by atoms with Gasteiger partial charge in [0.05, 0.1) is 0 Å². The lowest BCUT2D eigenvalue weighted by molar-refractivity contribution is 0.355. The van der Waals surface area contributed by atoms with Gasteiger partial charge in [-0.25, -0.2) is 13.2 Å². The molecule has 0 radical (unpaired) electrons. The van der Waals surface area contributed by atoms with Gasteiger partial charge in [-0.05, 0) is 24.6 Å². The molecule has 1 saturated heterocycles. The summed E-state index contributed by atoms with van der Waals surface area (Å²) in [5.74, 6) is -0.983. The number of benzene rings is 1. The fourth-order valence-corrected chi connectivity index (χ4v) is 1.71. The fourth-order valence-electron chi connectivity index (χ4n) is 1.71. The van der Waals surface area contributed by atoms with Gasteiger partial charge in [0.25, 0.3) is 0 Å². The molecule has 14 heavy (non-hydrogen) atoms. The summed E-state index contributed by atoms with van der Waals surface area (Å²) in [5, 5.41) is 2.81. The average Bonchev–Trinajstić information content (AvgIpc) is 2.56. The van der Waals surface area contributed by atoms with E-state index in [1.807, 2.05) is 0 Å². The van der Waals surface area contributed by atoms with Crippen molar-refractivity contribution in [3.63, 3.8) is 0 Å². The summed E-state index contributed by atoms with van der Waals surface area (Å²) in [6.07, 6.45) is -0.761. The van der Waals surface area contributed by atoms with Crippen molar-refractivity contribution < 1.29 is 13.2 Å². The molecule has 0 spiro atoms. The average molecular weight is 201 g/mol. The maximum atomic E-state index is 13.2. The number of hydrogen-bond donors (Lipinski definition) is 1. The van der Waals surface area contributed by atoms with Crippen LogP contribution < -0.4 is 5.32 Å². The number of nitrogens with one attached hydrogen (secondary N) is 1.